The maximum absolute atomic E-state index is 5.34. The molecule has 0 saturated heterocycles. The number of allylic oxidation sites excluding steroid dienone is 1. The molecule has 0 fully saturated rings. The van der Waals surface area contributed by atoms with Crippen LogP contribution in [0.3, 0.4) is 0 Å². The maximum atomic E-state index is 5.34. The van der Waals surface area contributed by atoms with Crippen molar-refractivity contribution in [1.29, 1.82) is 0 Å². The first-order valence-corrected chi connectivity index (χ1v) is 9.19. The van der Waals surface area contributed by atoms with Gasteiger partial charge in [0.15, 0.2) is 0 Å². The van der Waals surface area contributed by atoms with E-state index in [1.165, 1.54) is 0 Å². The number of hydrogen-bond donors (Lipinski definition) is 0. The third-order valence-corrected chi connectivity index (χ3v) is 1.63. The van der Waals surface area contributed by atoms with Crippen molar-refractivity contribution in [3.8, 4) is 0 Å². The van der Waals surface area contributed by atoms with Gasteiger partial charge in [-0.3, -0.25) is 0 Å². The highest BCUT2D eigenvalue weighted by Gasteiger charge is 1.89. The predicted molar refractivity (Wildman–Crippen MR) is 58.2 cm³/mol. The van der Waals surface area contributed by atoms with Crippen LogP contribution in [0.5, 0.6) is 0 Å². The lowest BCUT2D eigenvalue weighted by Crippen LogP contribution is -1.56. The molecule has 62 valence electrons. The first-order valence-electron chi connectivity index (χ1n) is 2.26. The van der Waals surface area contributed by atoms with Crippen molar-refractivity contribution < 1.29 is 0 Å². The van der Waals surface area contributed by atoms with Gasteiger partial charge in [-0.25, -0.2) is 0 Å². The van der Waals surface area contributed by atoms with Crippen molar-refractivity contribution in [2.75, 3.05) is 12.8 Å². The number of rotatable bonds is 2. The van der Waals surface area contributed by atoms with Gasteiger partial charge in [-0.2, -0.15) is 0 Å². The summed E-state index contributed by atoms with van der Waals surface area (Å²) in [4.78, 5) is 0. The van der Waals surface area contributed by atoms with Crippen molar-refractivity contribution in [3.05, 3.63) is 12.7 Å². The molecule has 0 rings (SSSR count). The monoisotopic (exact) mass is 258 g/mol. The second-order valence-electron chi connectivity index (χ2n) is 1.18. The summed E-state index contributed by atoms with van der Waals surface area (Å²) in [5.41, 5.74) is 0. The van der Waals surface area contributed by atoms with Gasteiger partial charge in [0.1, 0.15) is 0 Å². The zero-order chi connectivity index (χ0) is 8.57. The van der Waals surface area contributed by atoms with Crippen LogP contribution in [0.1, 0.15) is 0 Å². The average Bonchev–Trinajstić information content (AvgIpc) is 1.62. The Hall–Kier alpha value is 1.76. The van der Waals surface area contributed by atoms with E-state index in [0.717, 1.165) is 6.16 Å². The van der Waals surface area contributed by atoms with Crippen molar-refractivity contribution in [1.82, 2.24) is 0 Å². The average molecular weight is 260 g/mol. The van der Waals surface area contributed by atoms with Gasteiger partial charge in [-0.15, -0.1) is 6.58 Å². The molecule has 0 nitrogen and oxygen atoms in total. The van der Waals surface area contributed by atoms with Crippen LogP contribution in [-0.4, -0.2) is 12.8 Å². The fourth-order valence-electron chi connectivity index (χ4n) is 0.0976. The molecule has 0 spiro atoms. The molecule has 0 aromatic rings. The zero-order valence-corrected chi connectivity index (χ0v) is 10.2. The summed E-state index contributed by atoms with van der Waals surface area (Å²) in [6.07, 6.45) is 2.45. The standard InChI is InChI=1S/C3H5Cl2P.CH3Cl2P/c1-2-3-6(4)5;1-4(2)3/h2H,1,3H2;1H3. The Kier molecular flexibility index (Phi) is 15.4. The lowest BCUT2D eigenvalue weighted by molar-refractivity contribution is 1.82. The fourth-order valence-corrected chi connectivity index (χ4v) is 0.878. The van der Waals surface area contributed by atoms with Crippen LogP contribution in [0.15, 0.2) is 12.7 Å². The van der Waals surface area contributed by atoms with Gasteiger partial charge < -0.3 is 0 Å². The third-order valence-electron chi connectivity index (χ3n) is 0.267. The Morgan fingerprint density at radius 2 is 1.60 bits per heavy atom. The molecule has 0 radical (unpaired) electrons. The van der Waals surface area contributed by atoms with Crippen LogP contribution in [0, 0.1) is 0 Å². The molecule has 0 amide bonds. The molecule has 0 aliphatic heterocycles. The Labute approximate surface area is 83.5 Å². The molecular weight excluding hydrogens is 252 g/mol. The minimum Gasteiger partial charge on any atom is -0.103 e. The van der Waals surface area contributed by atoms with Crippen LogP contribution in [0.25, 0.3) is 0 Å². The Balaban J connectivity index is 0. The van der Waals surface area contributed by atoms with Gasteiger partial charge in [0.05, 0.1) is 13.3 Å². The van der Waals surface area contributed by atoms with Gasteiger partial charge in [-0.05, 0) is 6.66 Å². The molecule has 10 heavy (non-hydrogen) atoms. The van der Waals surface area contributed by atoms with E-state index in [2.05, 4.69) is 6.58 Å². The maximum Gasteiger partial charge on any atom is 0.0892 e. The summed E-state index contributed by atoms with van der Waals surface area (Å²) < 4.78 is 0. The van der Waals surface area contributed by atoms with Crippen molar-refractivity contribution in [2.45, 2.75) is 0 Å². The lowest BCUT2D eigenvalue weighted by Gasteiger charge is -1.86. The molecule has 0 saturated carbocycles. The molecule has 0 N–H and O–H groups in total. The number of hydrogen-bond acceptors (Lipinski definition) is 0. The smallest absolute Gasteiger partial charge is 0.0892 e. The lowest BCUT2D eigenvalue weighted by atomic mass is 10.8. The largest absolute Gasteiger partial charge is 0.103 e. The summed E-state index contributed by atoms with van der Waals surface area (Å²) in [6.45, 7) is 3.76. The molecule has 0 aliphatic carbocycles. The molecule has 0 aromatic heterocycles. The molecule has 0 aromatic carbocycles. The van der Waals surface area contributed by atoms with Gasteiger partial charge in [0.25, 0.3) is 0 Å². The summed E-state index contributed by atoms with van der Waals surface area (Å²) >= 11 is 20.9. The molecule has 0 bridgehead atoms. The molecular formula is C4H8Cl4P2. The second kappa shape index (κ2) is 10.8. The van der Waals surface area contributed by atoms with E-state index in [0.29, 0.717) is 0 Å². The summed E-state index contributed by atoms with van der Waals surface area (Å²) in [5.74, 6) is 0. The second-order valence-corrected chi connectivity index (χ2v) is 9.48. The Morgan fingerprint density at radius 3 is 1.60 bits per heavy atom. The van der Waals surface area contributed by atoms with Crippen LogP contribution >= 0.6 is 58.2 Å². The van der Waals surface area contributed by atoms with E-state index in [4.69, 9.17) is 45.0 Å². The van der Waals surface area contributed by atoms with Gasteiger partial charge in [0, 0.05) is 6.16 Å². The van der Waals surface area contributed by atoms with E-state index in [-0.39, 0.29) is 0 Å². The summed E-state index contributed by atoms with van der Waals surface area (Å²) in [5, 5.41) is 0. The van der Waals surface area contributed by atoms with E-state index in [1.54, 1.807) is 12.7 Å². The topological polar surface area (TPSA) is 0 Å². The first kappa shape index (κ1) is 14.3. The first-order chi connectivity index (χ1) is 4.50. The Bertz CT molecular complexity index is 72.9. The minimum atomic E-state index is -0.774. The highest BCUT2D eigenvalue weighted by molar-refractivity contribution is 8.04. The van der Waals surface area contributed by atoms with Crippen molar-refractivity contribution >= 4 is 58.2 Å². The number of halogens is 4. The van der Waals surface area contributed by atoms with Crippen molar-refractivity contribution in [3.63, 3.8) is 0 Å². The highest BCUT2D eigenvalue weighted by Crippen LogP contribution is 2.46. The molecule has 6 heteroatoms. The van der Waals surface area contributed by atoms with Crippen LogP contribution in [0.2, 0.25) is 0 Å². The van der Waals surface area contributed by atoms with Gasteiger partial charge in [0.2, 0.25) is 0 Å². The quantitative estimate of drug-likeness (QED) is 0.462. The SMILES string of the molecule is C=CCP(Cl)Cl.CP(Cl)Cl. The predicted octanol–water partition coefficient (Wildman–Crippen LogP) is 5.37. The van der Waals surface area contributed by atoms with E-state index >= 15 is 0 Å². The summed E-state index contributed by atoms with van der Waals surface area (Å²) in [7, 11) is 0. The normalized spacial score (nSPS) is 9.10. The van der Waals surface area contributed by atoms with Gasteiger partial charge in [-0.1, -0.05) is 51.0 Å². The zero-order valence-electron chi connectivity index (χ0n) is 5.40. The van der Waals surface area contributed by atoms with Gasteiger partial charge >= 0.3 is 0 Å². The molecule has 0 aliphatic rings. The van der Waals surface area contributed by atoms with Crippen molar-refractivity contribution in [2.24, 2.45) is 0 Å². The fraction of sp³-hybridized carbons (Fsp3) is 0.500. The van der Waals surface area contributed by atoms with Crippen LogP contribution < -0.4 is 0 Å². The van der Waals surface area contributed by atoms with E-state index in [9.17, 15) is 0 Å². The van der Waals surface area contributed by atoms with Crippen LogP contribution in [0.4, 0.5) is 0 Å². The van der Waals surface area contributed by atoms with Crippen LogP contribution in [-0.2, 0) is 0 Å². The molecule has 0 heterocycles. The minimum absolute atomic E-state index is 0.676. The highest BCUT2D eigenvalue weighted by atomic mass is 35.9. The third kappa shape index (κ3) is 33.1. The summed E-state index contributed by atoms with van der Waals surface area (Å²) in [6, 6.07) is 0. The Morgan fingerprint density at radius 1 is 1.30 bits per heavy atom. The molecule has 0 unspecified atom stereocenters. The van der Waals surface area contributed by atoms with E-state index < -0.39 is 13.3 Å². The van der Waals surface area contributed by atoms with E-state index in [1.807, 2.05) is 0 Å². The molecule has 0 atom stereocenters.